The number of nitrogens with zero attached hydrogens (tertiary/aromatic N) is 2. The molecule has 0 spiro atoms. The molecule has 3 N–H and O–H groups in total. The maximum absolute atomic E-state index is 13.1. The number of fused-ring (bicyclic) bond motifs is 1. The van der Waals surface area contributed by atoms with Gasteiger partial charge in [-0.05, 0) is 37.1 Å². The monoisotopic (exact) mass is 490 g/mol. The van der Waals surface area contributed by atoms with Crippen molar-refractivity contribution in [3.05, 3.63) is 59.7 Å². The second-order valence-corrected chi connectivity index (χ2v) is 9.00. The van der Waals surface area contributed by atoms with Crippen LogP contribution in [0.4, 0.5) is 5.69 Å². The molecule has 3 atom stereocenters. The van der Waals surface area contributed by atoms with Crippen molar-refractivity contribution in [1.82, 2.24) is 15.5 Å². The van der Waals surface area contributed by atoms with Crippen molar-refractivity contribution in [3.8, 4) is 17.6 Å². The number of likely N-dealkylation sites (N-methyl/N-ethyl adjacent to an activating group) is 1. The molecule has 1 fully saturated rings. The molecule has 0 unspecified atom stereocenters. The summed E-state index contributed by atoms with van der Waals surface area (Å²) in [7, 11) is 1.59. The van der Waals surface area contributed by atoms with E-state index in [1.807, 2.05) is 30.3 Å². The molecule has 4 rings (SSSR count). The second-order valence-electron chi connectivity index (χ2n) is 9.00. The van der Waals surface area contributed by atoms with Crippen LogP contribution in [0.15, 0.2) is 48.5 Å². The molecule has 9 nitrogen and oxygen atoms in total. The first-order valence-electron chi connectivity index (χ1n) is 11.9. The van der Waals surface area contributed by atoms with Crippen LogP contribution in [0.25, 0.3) is 0 Å². The highest BCUT2D eigenvalue weighted by Gasteiger charge is 2.32. The van der Waals surface area contributed by atoms with Crippen LogP contribution in [0.3, 0.4) is 0 Å². The lowest BCUT2D eigenvalue weighted by Crippen LogP contribution is -2.53. The van der Waals surface area contributed by atoms with Crippen LogP contribution in [0, 0.1) is 11.8 Å². The Morgan fingerprint density at radius 2 is 1.97 bits per heavy atom. The highest BCUT2D eigenvalue weighted by atomic mass is 16.5. The lowest BCUT2D eigenvalue weighted by atomic mass is 10.1. The van der Waals surface area contributed by atoms with E-state index in [0.29, 0.717) is 30.1 Å². The van der Waals surface area contributed by atoms with Gasteiger partial charge in [0.2, 0.25) is 0 Å². The van der Waals surface area contributed by atoms with E-state index in [1.165, 1.54) is 4.90 Å². The van der Waals surface area contributed by atoms with Crippen LogP contribution in [0.2, 0.25) is 0 Å². The van der Waals surface area contributed by atoms with Crippen molar-refractivity contribution in [2.24, 2.45) is 0 Å². The molecule has 3 amide bonds. The summed E-state index contributed by atoms with van der Waals surface area (Å²) in [6.45, 7) is 3.67. The van der Waals surface area contributed by atoms with Crippen molar-refractivity contribution >= 4 is 23.4 Å². The van der Waals surface area contributed by atoms with E-state index in [9.17, 15) is 19.5 Å². The minimum absolute atomic E-state index is 0.105. The average Bonchev–Trinajstić information content (AvgIpc) is 3.26. The summed E-state index contributed by atoms with van der Waals surface area (Å²) in [5.41, 5.74) is 2.11. The van der Waals surface area contributed by atoms with Gasteiger partial charge in [-0.1, -0.05) is 42.2 Å². The molecular weight excluding hydrogens is 460 g/mol. The Kier molecular flexibility index (Phi) is 7.88. The lowest BCUT2D eigenvalue weighted by molar-refractivity contribution is -0.141. The summed E-state index contributed by atoms with van der Waals surface area (Å²) in [4.78, 5) is 41.5. The predicted molar refractivity (Wildman–Crippen MR) is 134 cm³/mol. The van der Waals surface area contributed by atoms with Gasteiger partial charge in [-0.15, -0.1) is 0 Å². The predicted octanol–water partition coefficient (Wildman–Crippen LogP) is 0.822. The third-order valence-corrected chi connectivity index (χ3v) is 6.30. The van der Waals surface area contributed by atoms with Gasteiger partial charge in [-0.3, -0.25) is 19.3 Å². The van der Waals surface area contributed by atoms with Gasteiger partial charge in [0.25, 0.3) is 5.91 Å². The Balaban J connectivity index is 1.37. The number of nitrogens with one attached hydrogen (secondary N) is 2. The number of ether oxygens (including phenoxy) is 1. The van der Waals surface area contributed by atoms with Crippen molar-refractivity contribution in [2.45, 2.75) is 31.5 Å². The van der Waals surface area contributed by atoms with Crippen LogP contribution in [0.1, 0.15) is 30.5 Å². The van der Waals surface area contributed by atoms with E-state index >= 15 is 0 Å². The quantitative estimate of drug-likeness (QED) is 0.432. The first kappa shape index (κ1) is 25.2. The topological polar surface area (TPSA) is 111 Å². The second kappa shape index (κ2) is 11.2. The van der Waals surface area contributed by atoms with Gasteiger partial charge in [0, 0.05) is 25.7 Å². The number of rotatable bonds is 4. The number of aliphatic hydroxyl groups is 1. The Hall–Kier alpha value is -3.87. The van der Waals surface area contributed by atoms with Crippen molar-refractivity contribution < 1.29 is 24.2 Å². The Bertz CT molecular complexity index is 1190. The Morgan fingerprint density at radius 3 is 2.69 bits per heavy atom. The fourth-order valence-electron chi connectivity index (χ4n) is 4.20. The fraction of sp³-hybridized carbons (Fsp3) is 0.370. The maximum Gasteiger partial charge on any atom is 0.310 e. The molecule has 2 aromatic rings. The minimum atomic E-state index is -1.02. The number of carbonyl (C=O) groups is 3. The summed E-state index contributed by atoms with van der Waals surface area (Å²) in [5, 5.41) is 14.8. The number of amides is 3. The number of aliphatic hydroxyl groups excluding tert-OH is 1. The van der Waals surface area contributed by atoms with Gasteiger partial charge < -0.3 is 25.4 Å². The number of anilines is 1. The van der Waals surface area contributed by atoms with Gasteiger partial charge >= 0.3 is 11.8 Å². The molecule has 2 aliphatic rings. The molecule has 2 aliphatic heterocycles. The van der Waals surface area contributed by atoms with E-state index in [2.05, 4.69) is 27.4 Å². The number of benzene rings is 2. The number of β-amino-alcohol motifs (C(OH)–C–C–N with tert-alkyl or cyclic N) is 1. The van der Waals surface area contributed by atoms with Crippen LogP contribution < -0.4 is 20.3 Å². The van der Waals surface area contributed by atoms with Gasteiger partial charge in [-0.25, -0.2) is 0 Å². The number of carbonyl (C=O) groups excluding carboxylic acids is 3. The largest absolute Gasteiger partial charge is 0.489 e. The zero-order chi connectivity index (χ0) is 25.7. The highest BCUT2D eigenvalue weighted by molar-refractivity contribution is 6.35. The van der Waals surface area contributed by atoms with Crippen LogP contribution in [-0.4, -0.2) is 73.2 Å². The first-order chi connectivity index (χ1) is 17.3. The average molecular weight is 491 g/mol. The van der Waals surface area contributed by atoms with Crippen molar-refractivity contribution in [2.75, 3.05) is 38.2 Å². The third-order valence-electron chi connectivity index (χ3n) is 6.30. The molecule has 36 heavy (non-hydrogen) atoms. The molecule has 9 heteroatoms. The fourth-order valence-corrected chi connectivity index (χ4v) is 4.20. The van der Waals surface area contributed by atoms with E-state index in [-0.39, 0.29) is 18.8 Å². The molecule has 1 saturated heterocycles. The minimum Gasteiger partial charge on any atom is -0.489 e. The van der Waals surface area contributed by atoms with Gasteiger partial charge in [0.05, 0.1) is 24.4 Å². The molecule has 0 aromatic heterocycles. The van der Waals surface area contributed by atoms with Crippen molar-refractivity contribution in [1.29, 1.82) is 0 Å². The van der Waals surface area contributed by atoms with Gasteiger partial charge in [0.1, 0.15) is 18.4 Å². The van der Waals surface area contributed by atoms with Gasteiger partial charge in [-0.2, -0.15) is 0 Å². The number of hydrogen-bond donors (Lipinski definition) is 3. The zero-order valence-corrected chi connectivity index (χ0v) is 20.4. The van der Waals surface area contributed by atoms with E-state index in [1.54, 1.807) is 32.2 Å². The normalized spacial score (nSPS) is 20.3. The summed E-state index contributed by atoms with van der Waals surface area (Å²) >= 11 is 0. The summed E-state index contributed by atoms with van der Waals surface area (Å²) in [6.07, 6.45) is 0.471. The molecule has 0 bridgehead atoms. The molecule has 0 saturated carbocycles. The standard InChI is InChI=1S/C27H30N4O5/c1-18(20-8-4-3-5-9-20)28-25(33)26(34)29-22-17-36-24-11-10-19(15-23(24)30(2)27(22)35)7-6-13-31-14-12-21(32)16-31/h3-5,8-11,15,18,21-22,32H,12-14,16-17H2,1-2H3,(H,28,33)(H,29,34)/t18-,21+,22-/m0/s1. The summed E-state index contributed by atoms with van der Waals surface area (Å²) < 4.78 is 5.79. The zero-order valence-electron chi connectivity index (χ0n) is 20.4. The van der Waals surface area contributed by atoms with Crippen LogP contribution in [0.5, 0.6) is 5.75 Å². The number of hydrogen-bond acceptors (Lipinski definition) is 6. The van der Waals surface area contributed by atoms with Crippen LogP contribution in [-0.2, 0) is 14.4 Å². The smallest absolute Gasteiger partial charge is 0.310 e. The Morgan fingerprint density at radius 1 is 1.19 bits per heavy atom. The molecule has 2 aromatic carbocycles. The number of likely N-dealkylation sites (tertiary alicyclic amines) is 1. The SMILES string of the molecule is C[C@H](NC(=O)C(=O)N[C@H]1COc2ccc(C#CCN3CC[C@@H](O)C3)cc2N(C)C1=O)c1ccccc1. The maximum atomic E-state index is 13.1. The van der Waals surface area contributed by atoms with E-state index < -0.39 is 23.8 Å². The molecule has 2 heterocycles. The highest BCUT2D eigenvalue weighted by Crippen LogP contribution is 2.31. The molecule has 188 valence electrons. The molecular formula is C27H30N4O5. The van der Waals surface area contributed by atoms with Gasteiger partial charge in [0.15, 0.2) is 0 Å². The summed E-state index contributed by atoms with van der Waals surface area (Å²) in [5.74, 6) is 4.55. The molecule has 0 radical (unpaired) electrons. The molecule has 0 aliphatic carbocycles. The van der Waals surface area contributed by atoms with E-state index in [4.69, 9.17) is 4.74 Å². The Labute approximate surface area is 210 Å². The van der Waals surface area contributed by atoms with E-state index in [0.717, 1.165) is 18.5 Å². The first-order valence-corrected chi connectivity index (χ1v) is 11.9. The lowest BCUT2D eigenvalue weighted by Gasteiger charge is -2.21. The van der Waals surface area contributed by atoms with Crippen LogP contribution >= 0.6 is 0 Å². The third kappa shape index (κ3) is 6.03. The van der Waals surface area contributed by atoms with Crippen molar-refractivity contribution in [3.63, 3.8) is 0 Å². The summed E-state index contributed by atoms with van der Waals surface area (Å²) in [6, 6.07) is 13.2.